The van der Waals surface area contributed by atoms with E-state index >= 15 is 0 Å². The lowest BCUT2D eigenvalue weighted by Crippen LogP contribution is -2.41. The van der Waals surface area contributed by atoms with Crippen molar-refractivity contribution in [3.63, 3.8) is 0 Å². The molecule has 7 nitrogen and oxygen atoms in total. The molecule has 2 aliphatic carbocycles. The van der Waals surface area contributed by atoms with Gasteiger partial charge in [-0.25, -0.2) is 9.59 Å². The van der Waals surface area contributed by atoms with Crippen molar-refractivity contribution in [1.29, 1.82) is 0 Å². The Morgan fingerprint density at radius 2 is 1.56 bits per heavy atom. The SMILES string of the molecule is C/C(=C\CNC(=O)C1CCC(NC(=O)OCC2c3ccccc3-c3ccccc32)CC1)C(=O)O. The summed E-state index contributed by atoms with van der Waals surface area (Å²) in [5.74, 6) is -1.17. The summed E-state index contributed by atoms with van der Waals surface area (Å²) in [6, 6.07) is 16.4. The first-order chi connectivity index (χ1) is 16.4. The van der Waals surface area contributed by atoms with Gasteiger partial charge in [-0.2, -0.15) is 0 Å². The predicted octanol–water partition coefficient (Wildman–Crippen LogP) is 4.23. The Morgan fingerprint density at radius 1 is 0.971 bits per heavy atom. The smallest absolute Gasteiger partial charge is 0.407 e. The number of alkyl carbamates (subject to hydrolysis) is 1. The number of amides is 2. The maximum atomic E-state index is 12.5. The molecule has 1 saturated carbocycles. The Balaban J connectivity index is 1.23. The number of carbonyl (C=O) groups is 3. The molecule has 4 rings (SSSR count). The third kappa shape index (κ3) is 5.30. The van der Waals surface area contributed by atoms with Crippen LogP contribution in [0.25, 0.3) is 11.1 Å². The van der Waals surface area contributed by atoms with Crippen molar-refractivity contribution < 1.29 is 24.2 Å². The zero-order valence-electron chi connectivity index (χ0n) is 19.3. The van der Waals surface area contributed by atoms with Crippen LogP contribution in [-0.2, 0) is 14.3 Å². The van der Waals surface area contributed by atoms with E-state index in [1.165, 1.54) is 35.3 Å². The lowest BCUT2D eigenvalue weighted by atomic mass is 9.85. The van der Waals surface area contributed by atoms with E-state index in [4.69, 9.17) is 9.84 Å². The van der Waals surface area contributed by atoms with E-state index in [1.54, 1.807) is 0 Å². The summed E-state index contributed by atoms with van der Waals surface area (Å²) in [6.45, 7) is 1.98. The number of aliphatic carboxylic acids is 1. The van der Waals surface area contributed by atoms with Crippen molar-refractivity contribution in [3.05, 3.63) is 71.3 Å². The first-order valence-corrected chi connectivity index (χ1v) is 11.7. The maximum absolute atomic E-state index is 12.5. The van der Waals surface area contributed by atoms with Gasteiger partial charge < -0.3 is 20.5 Å². The highest BCUT2D eigenvalue weighted by atomic mass is 16.5. The summed E-state index contributed by atoms with van der Waals surface area (Å²) in [4.78, 5) is 35.6. The van der Waals surface area contributed by atoms with Crippen LogP contribution in [0.15, 0.2) is 60.2 Å². The normalized spacial score (nSPS) is 19.6. The highest BCUT2D eigenvalue weighted by molar-refractivity contribution is 5.86. The number of hydrogen-bond acceptors (Lipinski definition) is 4. The Hall–Kier alpha value is -3.61. The number of nitrogens with one attached hydrogen (secondary N) is 2. The molecule has 0 spiro atoms. The van der Waals surface area contributed by atoms with Crippen molar-refractivity contribution >= 4 is 18.0 Å². The van der Waals surface area contributed by atoms with E-state index in [9.17, 15) is 14.4 Å². The van der Waals surface area contributed by atoms with E-state index in [1.807, 2.05) is 24.3 Å². The Morgan fingerprint density at radius 3 is 2.15 bits per heavy atom. The molecule has 178 valence electrons. The van der Waals surface area contributed by atoms with Crippen LogP contribution in [0.4, 0.5) is 4.79 Å². The highest BCUT2D eigenvalue weighted by Crippen LogP contribution is 2.44. The monoisotopic (exact) mass is 462 g/mol. The maximum Gasteiger partial charge on any atom is 0.407 e. The predicted molar refractivity (Wildman–Crippen MR) is 128 cm³/mol. The van der Waals surface area contributed by atoms with Gasteiger partial charge >= 0.3 is 12.1 Å². The Kier molecular flexibility index (Phi) is 7.30. The number of carboxylic acids is 1. The standard InChI is InChI=1S/C27H30N2O5/c1-17(26(31)32)14-15-28-25(30)18-10-12-19(13-11-18)29-27(33)34-16-24-22-8-4-2-6-20(22)21-7-3-5-9-23(21)24/h2-9,14,18-19,24H,10-13,15-16H2,1H3,(H,28,30)(H,29,33)(H,31,32)/b17-14+. The molecule has 3 N–H and O–H groups in total. The van der Waals surface area contributed by atoms with Crippen molar-refractivity contribution in [2.75, 3.05) is 13.2 Å². The lowest BCUT2D eigenvalue weighted by molar-refractivity contribution is -0.132. The largest absolute Gasteiger partial charge is 0.478 e. The van der Waals surface area contributed by atoms with Gasteiger partial charge in [0.1, 0.15) is 6.61 Å². The van der Waals surface area contributed by atoms with E-state index in [0.29, 0.717) is 25.7 Å². The molecule has 0 aliphatic heterocycles. The van der Waals surface area contributed by atoms with Crippen molar-refractivity contribution in [3.8, 4) is 11.1 Å². The van der Waals surface area contributed by atoms with E-state index in [-0.39, 0.29) is 42.5 Å². The minimum atomic E-state index is -0.992. The molecule has 2 aromatic carbocycles. The van der Waals surface area contributed by atoms with Crippen molar-refractivity contribution in [1.82, 2.24) is 10.6 Å². The van der Waals surface area contributed by atoms with Gasteiger partial charge in [0.25, 0.3) is 0 Å². The third-order valence-corrected chi connectivity index (χ3v) is 6.79. The van der Waals surface area contributed by atoms with Crippen LogP contribution in [0.1, 0.15) is 49.7 Å². The zero-order chi connectivity index (χ0) is 24.1. The number of rotatable bonds is 7. The number of hydrogen-bond donors (Lipinski definition) is 3. The van der Waals surface area contributed by atoms with Gasteiger partial charge in [0.15, 0.2) is 0 Å². The van der Waals surface area contributed by atoms with Gasteiger partial charge in [-0.3, -0.25) is 4.79 Å². The van der Waals surface area contributed by atoms with Crippen LogP contribution < -0.4 is 10.6 Å². The lowest BCUT2D eigenvalue weighted by Gasteiger charge is -2.28. The fourth-order valence-corrected chi connectivity index (χ4v) is 4.84. The third-order valence-electron chi connectivity index (χ3n) is 6.79. The van der Waals surface area contributed by atoms with Crippen molar-refractivity contribution in [2.45, 2.75) is 44.6 Å². The molecule has 0 saturated heterocycles. The highest BCUT2D eigenvalue weighted by Gasteiger charge is 2.30. The van der Waals surface area contributed by atoms with Gasteiger partial charge in [0, 0.05) is 30.0 Å². The first kappa shape index (κ1) is 23.5. The second kappa shape index (κ2) is 10.5. The van der Waals surface area contributed by atoms with E-state index < -0.39 is 12.1 Å². The van der Waals surface area contributed by atoms with E-state index in [2.05, 4.69) is 34.9 Å². The molecule has 2 aliphatic rings. The molecular weight excluding hydrogens is 432 g/mol. The number of ether oxygens (including phenoxy) is 1. The van der Waals surface area contributed by atoms with Crippen LogP contribution in [0.2, 0.25) is 0 Å². The van der Waals surface area contributed by atoms with Gasteiger partial charge in [-0.05, 0) is 54.9 Å². The van der Waals surface area contributed by atoms with Crippen molar-refractivity contribution in [2.24, 2.45) is 5.92 Å². The molecule has 0 bridgehead atoms. The minimum absolute atomic E-state index is 0.0196. The Bertz CT molecular complexity index is 1060. The molecule has 0 aromatic heterocycles. The number of fused-ring (bicyclic) bond motifs is 3. The quantitative estimate of drug-likeness (QED) is 0.534. The van der Waals surface area contributed by atoms with Gasteiger partial charge in [-0.1, -0.05) is 54.6 Å². The molecule has 0 atom stereocenters. The van der Waals surface area contributed by atoms with Gasteiger partial charge in [0.2, 0.25) is 5.91 Å². The summed E-state index contributed by atoms with van der Waals surface area (Å²) in [5, 5.41) is 14.6. The summed E-state index contributed by atoms with van der Waals surface area (Å²) in [5.41, 5.74) is 4.94. The summed E-state index contributed by atoms with van der Waals surface area (Å²) >= 11 is 0. The summed E-state index contributed by atoms with van der Waals surface area (Å²) in [6.07, 6.45) is 3.80. The fraction of sp³-hybridized carbons (Fsp3) is 0.370. The summed E-state index contributed by atoms with van der Waals surface area (Å²) in [7, 11) is 0. The molecular formula is C27H30N2O5. The van der Waals surface area contributed by atoms with Crippen LogP contribution >= 0.6 is 0 Å². The molecule has 1 fully saturated rings. The topological polar surface area (TPSA) is 105 Å². The number of benzene rings is 2. The van der Waals surface area contributed by atoms with Crippen LogP contribution in [0.5, 0.6) is 0 Å². The summed E-state index contributed by atoms with van der Waals surface area (Å²) < 4.78 is 5.63. The minimum Gasteiger partial charge on any atom is -0.478 e. The molecule has 0 radical (unpaired) electrons. The molecule has 7 heteroatoms. The average Bonchev–Trinajstić information content (AvgIpc) is 3.16. The van der Waals surface area contributed by atoms with Gasteiger partial charge in [0.05, 0.1) is 0 Å². The Labute approximate surface area is 199 Å². The van der Waals surface area contributed by atoms with Crippen LogP contribution in [0.3, 0.4) is 0 Å². The van der Waals surface area contributed by atoms with Gasteiger partial charge in [-0.15, -0.1) is 0 Å². The first-order valence-electron chi connectivity index (χ1n) is 11.7. The molecule has 2 aromatic rings. The van der Waals surface area contributed by atoms with E-state index in [0.717, 1.165) is 0 Å². The molecule has 34 heavy (non-hydrogen) atoms. The molecule has 2 amide bonds. The fourth-order valence-electron chi connectivity index (χ4n) is 4.84. The number of carboxylic acid groups (broad SMARTS) is 1. The van der Waals surface area contributed by atoms with Crippen LogP contribution in [-0.4, -0.2) is 42.3 Å². The second-order valence-electron chi connectivity index (χ2n) is 8.96. The number of carbonyl (C=O) groups excluding carboxylic acids is 2. The van der Waals surface area contributed by atoms with Crippen LogP contribution in [0, 0.1) is 5.92 Å². The average molecular weight is 463 g/mol. The molecule has 0 heterocycles. The second-order valence-corrected chi connectivity index (χ2v) is 8.96. The zero-order valence-corrected chi connectivity index (χ0v) is 19.3. The molecule has 0 unspecified atom stereocenters.